The van der Waals surface area contributed by atoms with Crippen LogP contribution in [0.2, 0.25) is 0 Å². The van der Waals surface area contributed by atoms with E-state index in [9.17, 15) is 0 Å². The van der Waals surface area contributed by atoms with Gasteiger partial charge in [0.2, 0.25) is 0 Å². The quantitative estimate of drug-likeness (QED) is 0.862. The highest BCUT2D eigenvalue weighted by atomic mass is 16.3. The third kappa shape index (κ3) is 1.67. The number of hydrogen-bond acceptors (Lipinski definition) is 3. The van der Waals surface area contributed by atoms with Crippen LogP contribution in [0.3, 0.4) is 0 Å². The Labute approximate surface area is 95.5 Å². The first kappa shape index (κ1) is 11.0. The van der Waals surface area contributed by atoms with Gasteiger partial charge in [-0.25, -0.2) is 0 Å². The SMILES string of the molecule is CNC(c1ccoc1)c1c(C)oc(C)c1C. The zero-order valence-electron chi connectivity index (χ0n) is 10.1. The summed E-state index contributed by atoms with van der Waals surface area (Å²) < 4.78 is 10.8. The fourth-order valence-corrected chi connectivity index (χ4v) is 2.15. The first-order valence-electron chi connectivity index (χ1n) is 5.41. The fraction of sp³-hybridized carbons (Fsp3) is 0.385. The van der Waals surface area contributed by atoms with Crippen LogP contribution in [0, 0.1) is 20.8 Å². The molecule has 0 fully saturated rings. The Morgan fingerprint density at radius 3 is 2.38 bits per heavy atom. The Balaban J connectivity index is 2.49. The highest BCUT2D eigenvalue weighted by Gasteiger charge is 2.21. The van der Waals surface area contributed by atoms with Crippen LogP contribution >= 0.6 is 0 Å². The molecule has 1 atom stereocenters. The van der Waals surface area contributed by atoms with Crippen LogP contribution in [-0.4, -0.2) is 7.05 Å². The molecule has 2 aromatic heterocycles. The molecule has 16 heavy (non-hydrogen) atoms. The summed E-state index contributed by atoms with van der Waals surface area (Å²) in [6.07, 6.45) is 3.46. The van der Waals surface area contributed by atoms with Gasteiger partial charge in [0.15, 0.2) is 0 Å². The highest BCUT2D eigenvalue weighted by Crippen LogP contribution is 2.31. The molecule has 2 rings (SSSR count). The summed E-state index contributed by atoms with van der Waals surface area (Å²) in [5.74, 6) is 1.95. The summed E-state index contributed by atoms with van der Waals surface area (Å²) in [6.45, 7) is 6.08. The average Bonchev–Trinajstić information content (AvgIpc) is 2.84. The topological polar surface area (TPSA) is 38.3 Å². The van der Waals surface area contributed by atoms with E-state index in [2.05, 4.69) is 12.2 Å². The third-order valence-electron chi connectivity index (χ3n) is 3.07. The van der Waals surface area contributed by atoms with Gasteiger partial charge in [-0.1, -0.05) is 0 Å². The molecule has 0 spiro atoms. The van der Waals surface area contributed by atoms with Gasteiger partial charge < -0.3 is 14.2 Å². The average molecular weight is 219 g/mol. The smallest absolute Gasteiger partial charge is 0.106 e. The van der Waals surface area contributed by atoms with E-state index >= 15 is 0 Å². The van der Waals surface area contributed by atoms with Gasteiger partial charge in [0.25, 0.3) is 0 Å². The lowest BCUT2D eigenvalue weighted by atomic mass is 9.98. The van der Waals surface area contributed by atoms with E-state index in [-0.39, 0.29) is 6.04 Å². The molecule has 3 heteroatoms. The van der Waals surface area contributed by atoms with Crippen molar-refractivity contribution in [1.29, 1.82) is 0 Å². The van der Waals surface area contributed by atoms with E-state index < -0.39 is 0 Å². The van der Waals surface area contributed by atoms with Gasteiger partial charge in [-0.05, 0) is 39.4 Å². The molecule has 2 heterocycles. The number of rotatable bonds is 3. The monoisotopic (exact) mass is 219 g/mol. The highest BCUT2D eigenvalue weighted by molar-refractivity contribution is 5.39. The second-order valence-corrected chi connectivity index (χ2v) is 4.03. The van der Waals surface area contributed by atoms with Crippen LogP contribution < -0.4 is 5.32 Å². The minimum atomic E-state index is 0.135. The Bertz CT molecular complexity index is 468. The molecule has 2 aromatic rings. The van der Waals surface area contributed by atoms with Crippen LogP contribution in [0.25, 0.3) is 0 Å². The van der Waals surface area contributed by atoms with Crippen LogP contribution in [0.5, 0.6) is 0 Å². The van der Waals surface area contributed by atoms with Crippen molar-refractivity contribution in [3.63, 3.8) is 0 Å². The van der Waals surface area contributed by atoms with Gasteiger partial charge >= 0.3 is 0 Å². The van der Waals surface area contributed by atoms with Gasteiger partial charge in [-0.2, -0.15) is 0 Å². The summed E-state index contributed by atoms with van der Waals surface area (Å²) in [5.41, 5.74) is 3.54. The molecule has 0 radical (unpaired) electrons. The zero-order chi connectivity index (χ0) is 11.7. The minimum Gasteiger partial charge on any atom is -0.472 e. The molecule has 0 aliphatic heterocycles. The third-order valence-corrected chi connectivity index (χ3v) is 3.07. The normalized spacial score (nSPS) is 13.0. The Hall–Kier alpha value is -1.48. The lowest BCUT2D eigenvalue weighted by Crippen LogP contribution is -2.18. The molecule has 0 aliphatic carbocycles. The second kappa shape index (κ2) is 4.18. The first-order valence-corrected chi connectivity index (χ1v) is 5.41. The molecular formula is C13H17NO2. The van der Waals surface area contributed by atoms with Crippen LogP contribution in [-0.2, 0) is 0 Å². The van der Waals surface area contributed by atoms with E-state index in [1.165, 1.54) is 11.1 Å². The van der Waals surface area contributed by atoms with Crippen LogP contribution in [0.15, 0.2) is 27.4 Å². The molecule has 1 unspecified atom stereocenters. The van der Waals surface area contributed by atoms with Gasteiger partial charge in [-0.3, -0.25) is 0 Å². The number of nitrogens with one attached hydrogen (secondary N) is 1. The van der Waals surface area contributed by atoms with E-state index in [1.807, 2.05) is 27.0 Å². The van der Waals surface area contributed by atoms with E-state index in [1.54, 1.807) is 12.5 Å². The van der Waals surface area contributed by atoms with Crippen molar-refractivity contribution in [3.8, 4) is 0 Å². The summed E-state index contributed by atoms with van der Waals surface area (Å²) in [6, 6.07) is 2.11. The summed E-state index contributed by atoms with van der Waals surface area (Å²) in [5, 5.41) is 3.30. The molecular weight excluding hydrogens is 202 g/mol. The van der Waals surface area contributed by atoms with Crippen LogP contribution in [0.4, 0.5) is 0 Å². The van der Waals surface area contributed by atoms with Crippen molar-refractivity contribution in [2.45, 2.75) is 26.8 Å². The van der Waals surface area contributed by atoms with Gasteiger partial charge in [0.05, 0.1) is 18.6 Å². The maximum Gasteiger partial charge on any atom is 0.106 e. The molecule has 3 nitrogen and oxygen atoms in total. The molecule has 0 saturated carbocycles. The van der Waals surface area contributed by atoms with E-state index in [4.69, 9.17) is 8.83 Å². The number of aryl methyl sites for hydroxylation is 2. The summed E-state index contributed by atoms with van der Waals surface area (Å²) in [7, 11) is 1.94. The van der Waals surface area contributed by atoms with Crippen molar-refractivity contribution in [3.05, 3.63) is 46.8 Å². The van der Waals surface area contributed by atoms with Crippen molar-refractivity contribution in [2.24, 2.45) is 0 Å². The number of furan rings is 2. The molecule has 0 aliphatic rings. The van der Waals surface area contributed by atoms with E-state index in [0.29, 0.717) is 0 Å². The maximum atomic E-state index is 5.66. The van der Waals surface area contributed by atoms with Crippen molar-refractivity contribution in [2.75, 3.05) is 7.05 Å². The van der Waals surface area contributed by atoms with Gasteiger partial charge in [-0.15, -0.1) is 0 Å². The zero-order valence-corrected chi connectivity index (χ0v) is 10.1. The van der Waals surface area contributed by atoms with Crippen molar-refractivity contribution < 1.29 is 8.83 Å². The van der Waals surface area contributed by atoms with Gasteiger partial charge in [0, 0.05) is 11.1 Å². The fourth-order valence-electron chi connectivity index (χ4n) is 2.15. The van der Waals surface area contributed by atoms with Crippen molar-refractivity contribution in [1.82, 2.24) is 5.32 Å². The number of hydrogen-bond donors (Lipinski definition) is 1. The Kier molecular flexibility index (Phi) is 2.88. The summed E-state index contributed by atoms with van der Waals surface area (Å²) >= 11 is 0. The second-order valence-electron chi connectivity index (χ2n) is 4.03. The molecule has 86 valence electrons. The van der Waals surface area contributed by atoms with E-state index in [0.717, 1.165) is 17.1 Å². The Morgan fingerprint density at radius 1 is 1.19 bits per heavy atom. The minimum absolute atomic E-state index is 0.135. The van der Waals surface area contributed by atoms with Crippen molar-refractivity contribution >= 4 is 0 Å². The molecule has 0 saturated heterocycles. The lowest BCUT2D eigenvalue weighted by Gasteiger charge is -2.14. The first-order chi connectivity index (χ1) is 7.65. The molecule has 0 amide bonds. The molecule has 0 aromatic carbocycles. The standard InChI is InChI=1S/C13H17NO2/c1-8-9(2)16-10(3)12(8)13(14-4)11-5-6-15-7-11/h5-7,13-14H,1-4H3. The predicted molar refractivity (Wildman–Crippen MR) is 62.5 cm³/mol. The van der Waals surface area contributed by atoms with Gasteiger partial charge in [0.1, 0.15) is 11.5 Å². The largest absolute Gasteiger partial charge is 0.472 e. The summed E-state index contributed by atoms with van der Waals surface area (Å²) in [4.78, 5) is 0. The maximum absolute atomic E-state index is 5.66. The predicted octanol–water partition coefficient (Wildman–Crippen LogP) is 3.11. The lowest BCUT2D eigenvalue weighted by molar-refractivity contribution is 0.495. The molecule has 0 bridgehead atoms. The Morgan fingerprint density at radius 2 is 1.94 bits per heavy atom. The van der Waals surface area contributed by atoms with Crippen LogP contribution in [0.1, 0.15) is 34.3 Å². The molecule has 1 N–H and O–H groups in total.